The van der Waals surface area contributed by atoms with Crippen molar-refractivity contribution in [1.82, 2.24) is 0 Å². The summed E-state index contributed by atoms with van der Waals surface area (Å²) in [4.78, 5) is -1.19. The highest BCUT2D eigenvalue weighted by Crippen LogP contribution is 2.34. The first-order chi connectivity index (χ1) is 9.82. The highest BCUT2D eigenvalue weighted by Gasteiger charge is 2.29. The molecule has 0 aliphatic heterocycles. The molecule has 0 radical (unpaired) electrons. The monoisotopic (exact) mass is 368 g/mol. The lowest BCUT2D eigenvalue weighted by molar-refractivity contribution is 0.369. The minimum Gasteiger partial charge on any atom is -0.207 e. The van der Waals surface area contributed by atoms with Crippen LogP contribution in [0.1, 0.15) is 16.0 Å². The molecule has 0 fully saturated rings. The third-order valence-electron chi connectivity index (χ3n) is 2.86. The van der Waals surface area contributed by atoms with E-state index in [1.165, 1.54) is 18.2 Å². The number of halogens is 7. The Morgan fingerprint density at radius 2 is 1.33 bits per heavy atom. The van der Waals surface area contributed by atoms with Crippen LogP contribution in [0.2, 0.25) is 0 Å². The Balaban J connectivity index is 2.42. The average molecular weight is 369 g/mol. The summed E-state index contributed by atoms with van der Waals surface area (Å²) in [5, 5.41) is 0. The van der Waals surface area contributed by atoms with Crippen molar-refractivity contribution in [2.45, 2.75) is 11.2 Å². The van der Waals surface area contributed by atoms with E-state index >= 15 is 0 Å². The van der Waals surface area contributed by atoms with Gasteiger partial charge in [0, 0.05) is 10.4 Å². The van der Waals surface area contributed by atoms with Gasteiger partial charge in [-0.25, -0.2) is 26.3 Å². The molecule has 2 rings (SSSR count). The third-order valence-corrected chi connectivity index (χ3v) is 3.64. The lowest BCUT2D eigenvalue weighted by atomic mass is 10.0. The van der Waals surface area contributed by atoms with Crippen molar-refractivity contribution in [3.8, 4) is 0 Å². The van der Waals surface area contributed by atoms with Gasteiger partial charge in [0.25, 0.3) is 0 Å². The second-order valence-corrected chi connectivity index (χ2v) is 5.39. The van der Waals surface area contributed by atoms with Crippen molar-refractivity contribution >= 4 is 15.9 Å². The van der Waals surface area contributed by atoms with Crippen LogP contribution >= 0.6 is 15.9 Å². The third kappa shape index (κ3) is 3.07. The first kappa shape index (κ1) is 15.9. The molecule has 0 N–H and O–H groups in total. The van der Waals surface area contributed by atoms with Crippen molar-refractivity contribution < 1.29 is 26.3 Å². The molecule has 0 bridgehead atoms. The Kier molecular flexibility index (Phi) is 4.61. The van der Waals surface area contributed by atoms with Gasteiger partial charge in [0.2, 0.25) is 5.82 Å². The van der Waals surface area contributed by atoms with Gasteiger partial charge in [0.05, 0.1) is 0 Å². The van der Waals surface area contributed by atoms with E-state index in [1.54, 1.807) is 0 Å². The molecule has 7 heteroatoms. The molecule has 1 unspecified atom stereocenters. The lowest BCUT2D eigenvalue weighted by Gasteiger charge is -2.14. The standard InChI is InChI=1S/C14H7BrF6/c15-8(5-6-2-1-3-7(16)4-6)9-10(17)12(19)14(21)13(20)11(9)18/h1-4,8H,5H2. The second kappa shape index (κ2) is 6.09. The van der Waals surface area contributed by atoms with Gasteiger partial charge in [-0.2, -0.15) is 0 Å². The topological polar surface area (TPSA) is 0 Å². The normalized spacial score (nSPS) is 12.5. The number of hydrogen-bond donors (Lipinski definition) is 0. The van der Waals surface area contributed by atoms with Crippen LogP contribution in [0.25, 0.3) is 0 Å². The summed E-state index contributed by atoms with van der Waals surface area (Å²) in [6, 6.07) is 5.14. The van der Waals surface area contributed by atoms with Crippen LogP contribution in [-0.2, 0) is 6.42 Å². The smallest absolute Gasteiger partial charge is 0.200 e. The molecule has 1 atom stereocenters. The summed E-state index contributed by atoms with van der Waals surface area (Å²) in [7, 11) is 0. The summed E-state index contributed by atoms with van der Waals surface area (Å²) in [5.41, 5.74) is -0.628. The first-order valence-corrected chi connectivity index (χ1v) is 6.64. The molecule has 21 heavy (non-hydrogen) atoms. The Morgan fingerprint density at radius 1 is 0.810 bits per heavy atom. The van der Waals surface area contributed by atoms with Gasteiger partial charge >= 0.3 is 0 Å². The fraction of sp³-hybridized carbons (Fsp3) is 0.143. The molecule has 0 spiro atoms. The first-order valence-electron chi connectivity index (χ1n) is 5.72. The molecule has 0 amide bonds. The van der Waals surface area contributed by atoms with E-state index in [4.69, 9.17) is 0 Å². The van der Waals surface area contributed by atoms with Gasteiger partial charge in [0.15, 0.2) is 23.3 Å². The Morgan fingerprint density at radius 3 is 1.86 bits per heavy atom. The fourth-order valence-corrected chi connectivity index (χ4v) is 2.65. The van der Waals surface area contributed by atoms with Gasteiger partial charge in [-0.05, 0) is 24.1 Å². The predicted octanol–water partition coefficient (Wildman–Crippen LogP) is 5.20. The van der Waals surface area contributed by atoms with Gasteiger partial charge in [0.1, 0.15) is 5.82 Å². The zero-order valence-electron chi connectivity index (χ0n) is 10.2. The van der Waals surface area contributed by atoms with Crippen LogP contribution in [0.15, 0.2) is 24.3 Å². The maximum Gasteiger partial charge on any atom is 0.200 e. The fourth-order valence-electron chi connectivity index (χ4n) is 1.87. The van der Waals surface area contributed by atoms with E-state index in [2.05, 4.69) is 15.9 Å². The largest absolute Gasteiger partial charge is 0.207 e. The second-order valence-electron chi connectivity index (χ2n) is 4.29. The van der Waals surface area contributed by atoms with E-state index in [-0.39, 0.29) is 6.42 Å². The number of hydrogen-bond acceptors (Lipinski definition) is 0. The summed E-state index contributed by atoms with van der Waals surface area (Å²) in [6.45, 7) is 0. The molecule has 2 aromatic rings. The summed E-state index contributed by atoms with van der Waals surface area (Å²) < 4.78 is 79.4. The Hall–Kier alpha value is -1.50. The number of rotatable bonds is 3. The Bertz CT molecular complexity index is 656. The molecule has 0 saturated heterocycles. The maximum atomic E-state index is 13.6. The molecule has 0 saturated carbocycles. The van der Waals surface area contributed by atoms with Crippen LogP contribution in [0, 0.1) is 34.9 Å². The minimum absolute atomic E-state index is 0.143. The van der Waals surface area contributed by atoms with Gasteiger partial charge < -0.3 is 0 Å². The number of alkyl halides is 1. The molecule has 0 aliphatic carbocycles. The van der Waals surface area contributed by atoms with Crippen molar-refractivity contribution in [2.24, 2.45) is 0 Å². The lowest BCUT2D eigenvalue weighted by Crippen LogP contribution is -2.10. The summed E-state index contributed by atoms with van der Waals surface area (Å²) in [6.07, 6.45) is -0.143. The Labute approximate surface area is 124 Å². The zero-order chi connectivity index (χ0) is 15.7. The van der Waals surface area contributed by atoms with Crippen LogP contribution in [0.3, 0.4) is 0 Å². The highest BCUT2D eigenvalue weighted by atomic mass is 79.9. The highest BCUT2D eigenvalue weighted by molar-refractivity contribution is 9.09. The predicted molar refractivity (Wildman–Crippen MR) is 68.0 cm³/mol. The molecule has 0 aromatic heterocycles. The summed E-state index contributed by atoms with van der Waals surface area (Å²) >= 11 is 2.88. The van der Waals surface area contributed by atoms with E-state index in [9.17, 15) is 26.3 Å². The van der Waals surface area contributed by atoms with Crippen LogP contribution < -0.4 is 0 Å². The van der Waals surface area contributed by atoms with Crippen molar-refractivity contribution in [1.29, 1.82) is 0 Å². The number of benzene rings is 2. The molecule has 0 heterocycles. The van der Waals surface area contributed by atoms with Crippen molar-refractivity contribution in [2.75, 3.05) is 0 Å². The maximum absolute atomic E-state index is 13.6. The van der Waals surface area contributed by atoms with Crippen molar-refractivity contribution in [3.05, 3.63) is 70.3 Å². The van der Waals surface area contributed by atoms with Crippen LogP contribution in [-0.4, -0.2) is 0 Å². The van der Waals surface area contributed by atoms with Crippen LogP contribution in [0.4, 0.5) is 26.3 Å². The zero-order valence-corrected chi connectivity index (χ0v) is 11.8. The molecule has 112 valence electrons. The van der Waals surface area contributed by atoms with Gasteiger partial charge in [-0.1, -0.05) is 28.1 Å². The summed E-state index contributed by atoms with van der Waals surface area (Å²) in [5.74, 6) is -10.6. The minimum atomic E-state index is -2.21. The SMILES string of the molecule is Fc1cccc(CC(Br)c2c(F)c(F)c(F)c(F)c2F)c1. The molecule has 0 nitrogen and oxygen atoms in total. The molecule has 2 aromatic carbocycles. The molecular formula is C14H7BrF6. The quantitative estimate of drug-likeness (QED) is 0.302. The van der Waals surface area contributed by atoms with Crippen LogP contribution in [0.5, 0.6) is 0 Å². The van der Waals surface area contributed by atoms with E-state index in [0.29, 0.717) is 5.56 Å². The van der Waals surface area contributed by atoms with E-state index in [1.807, 2.05) is 0 Å². The van der Waals surface area contributed by atoms with E-state index < -0.39 is 45.3 Å². The van der Waals surface area contributed by atoms with E-state index in [0.717, 1.165) is 6.07 Å². The molecular weight excluding hydrogens is 362 g/mol. The van der Waals surface area contributed by atoms with Crippen molar-refractivity contribution in [3.63, 3.8) is 0 Å². The average Bonchev–Trinajstić information content (AvgIpc) is 2.43. The van der Waals surface area contributed by atoms with Gasteiger partial charge in [-0.15, -0.1) is 0 Å². The molecule has 0 aliphatic rings. The van der Waals surface area contributed by atoms with Gasteiger partial charge in [-0.3, -0.25) is 0 Å².